The number of hydrogen-bond donors (Lipinski definition) is 3. The van der Waals surface area contributed by atoms with Crippen molar-refractivity contribution in [3.05, 3.63) is 29.4 Å². The molecule has 0 unspecified atom stereocenters. The second-order valence-corrected chi connectivity index (χ2v) is 6.95. The molecule has 2 aromatic heterocycles. The van der Waals surface area contributed by atoms with Crippen LogP contribution in [-0.4, -0.2) is 42.7 Å². The predicted molar refractivity (Wildman–Crippen MR) is 90.9 cm³/mol. The van der Waals surface area contributed by atoms with Crippen molar-refractivity contribution in [1.82, 2.24) is 15.0 Å². The normalized spacial score (nSPS) is 11.5. The zero-order valence-corrected chi connectivity index (χ0v) is 14.6. The molecule has 25 heavy (non-hydrogen) atoms. The van der Waals surface area contributed by atoms with Crippen molar-refractivity contribution < 1.29 is 23.0 Å². The first-order valence-corrected chi connectivity index (χ1v) is 8.70. The summed E-state index contributed by atoms with van der Waals surface area (Å²) in [5.74, 6) is -1.20. The minimum Gasteiger partial charge on any atom is -0.499 e. The molecular weight excluding hydrogens is 372 g/mol. The predicted octanol–water partition coefficient (Wildman–Crippen LogP) is 2.13. The topological polar surface area (TPSA) is 126 Å². The Kier molecular flexibility index (Phi) is 4.31. The average Bonchev–Trinajstić information content (AvgIpc) is 2.99. The minimum absolute atomic E-state index is 0.00576. The largest absolute Gasteiger partial charge is 0.499 e. The van der Waals surface area contributed by atoms with Crippen LogP contribution in [0.3, 0.4) is 0 Å². The summed E-state index contributed by atoms with van der Waals surface area (Å²) in [6.07, 6.45) is 1.33. The Labute approximate surface area is 147 Å². The minimum atomic E-state index is -4.01. The van der Waals surface area contributed by atoms with Crippen LogP contribution in [-0.2, 0) is 10.0 Å². The van der Waals surface area contributed by atoms with E-state index in [1.54, 1.807) is 18.2 Å². The summed E-state index contributed by atoms with van der Waals surface area (Å²) in [5, 5.41) is 10.7. The molecule has 0 fully saturated rings. The van der Waals surface area contributed by atoms with Crippen molar-refractivity contribution in [2.24, 2.45) is 0 Å². The molecule has 0 spiro atoms. The van der Waals surface area contributed by atoms with Crippen molar-refractivity contribution in [1.29, 1.82) is 0 Å². The van der Waals surface area contributed by atoms with E-state index in [4.69, 9.17) is 21.1 Å². The summed E-state index contributed by atoms with van der Waals surface area (Å²) in [5.41, 5.74) is 0.565. The van der Waals surface area contributed by atoms with E-state index >= 15 is 0 Å². The molecule has 0 saturated carbocycles. The van der Waals surface area contributed by atoms with Gasteiger partial charge in [-0.1, -0.05) is 11.6 Å². The van der Waals surface area contributed by atoms with Gasteiger partial charge in [0.2, 0.25) is 11.7 Å². The SMILES string of the molecule is COc1nc(NS(=O)(=O)c2c[nH]c3cc(Cl)ccc23)nc(OC)c1O. The van der Waals surface area contributed by atoms with Crippen molar-refractivity contribution in [2.45, 2.75) is 4.90 Å². The molecule has 9 nitrogen and oxygen atoms in total. The van der Waals surface area contributed by atoms with E-state index in [1.165, 1.54) is 20.4 Å². The van der Waals surface area contributed by atoms with Crippen LogP contribution in [0.1, 0.15) is 0 Å². The van der Waals surface area contributed by atoms with E-state index in [9.17, 15) is 13.5 Å². The third-order valence-electron chi connectivity index (χ3n) is 3.33. The highest BCUT2D eigenvalue weighted by Gasteiger charge is 2.23. The number of methoxy groups -OCH3 is 2. The molecule has 11 heteroatoms. The Balaban J connectivity index is 2.04. The van der Waals surface area contributed by atoms with Crippen LogP contribution in [0.2, 0.25) is 5.02 Å². The van der Waals surface area contributed by atoms with Gasteiger partial charge in [-0.15, -0.1) is 0 Å². The quantitative estimate of drug-likeness (QED) is 0.615. The fraction of sp³-hybridized carbons (Fsp3) is 0.143. The number of aromatic hydroxyl groups is 1. The first-order valence-electron chi connectivity index (χ1n) is 6.84. The number of benzene rings is 1. The number of fused-ring (bicyclic) bond motifs is 1. The van der Waals surface area contributed by atoms with E-state index in [0.717, 1.165) is 0 Å². The number of halogens is 1. The summed E-state index contributed by atoms with van der Waals surface area (Å²) in [7, 11) is -1.48. The molecule has 0 aliphatic heterocycles. The summed E-state index contributed by atoms with van der Waals surface area (Å²) >= 11 is 5.90. The van der Waals surface area contributed by atoms with Gasteiger partial charge in [0.05, 0.1) is 14.2 Å². The molecule has 0 amide bonds. The standard InChI is InChI=1S/C14H13ClN4O5S/c1-23-12-11(20)13(24-2)18-14(17-12)19-25(21,22)10-6-16-9-5-7(15)3-4-8(9)10/h3-6,16,20H,1-2H3,(H,17,18,19). The maximum atomic E-state index is 12.7. The molecule has 0 bridgehead atoms. The van der Waals surface area contributed by atoms with Crippen LogP contribution in [0.4, 0.5) is 5.95 Å². The maximum absolute atomic E-state index is 12.7. The third-order valence-corrected chi connectivity index (χ3v) is 4.93. The van der Waals surface area contributed by atoms with E-state index < -0.39 is 15.8 Å². The molecule has 0 aliphatic carbocycles. The lowest BCUT2D eigenvalue weighted by molar-refractivity contribution is 0.321. The summed E-state index contributed by atoms with van der Waals surface area (Å²) < 4.78 is 37.3. The Hall–Kier alpha value is -2.72. The number of H-pyrrole nitrogens is 1. The highest BCUT2D eigenvalue weighted by atomic mass is 35.5. The van der Waals surface area contributed by atoms with Crippen LogP contribution < -0.4 is 14.2 Å². The van der Waals surface area contributed by atoms with Gasteiger partial charge in [-0.3, -0.25) is 0 Å². The maximum Gasteiger partial charge on any atom is 0.266 e. The molecule has 2 heterocycles. The molecule has 3 aromatic rings. The van der Waals surface area contributed by atoms with Crippen LogP contribution in [0, 0.1) is 0 Å². The highest BCUT2D eigenvalue weighted by molar-refractivity contribution is 7.93. The molecular formula is C14H13ClN4O5S. The summed E-state index contributed by atoms with van der Waals surface area (Å²) in [6.45, 7) is 0. The Morgan fingerprint density at radius 2 is 1.84 bits per heavy atom. The Morgan fingerprint density at radius 3 is 2.44 bits per heavy atom. The zero-order chi connectivity index (χ0) is 18.2. The lowest BCUT2D eigenvalue weighted by Crippen LogP contribution is -2.15. The number of nitrogens with zero attached hydrogens (tertiary/aromatic N) is 2. The van der Waals surface area contributed by atoms with Gasteiger partial charge in [0.1, 0.15) is 4.90 Å². The lowest BCUT2D eigenvalue weighted by atomic mass is 10.2. The Morgan fingerprint density at radius 1 is 1.20 bits per heavy atom. The monoisotopic (exact) mass is 384 g/mol. The van der Waals surface area contributed by atoms with Crippen LogP contribution in [0.5, 0.6) is 17.5 Å². The highest BCUT2D eigenvalue weighted by Crippen LogP contribution is 2.34. The summed E-state index contributed by atoms with van der Waals surface area (Å²) in [6, 6.07) is 4.78. The van der Waals surface area contributed by atoms with Crippen molar-refractivity contribution in [3.8, 4) is 17.5 Å². The number of aromatic amines is 1. The summed E-state index contributed by atoms with van der Waals surface area (Å²) in [4.78, 5) is 10.4. The molecule has 0 aliphatic rings. The smallest absolute Gasteiger partial charge is 0.266 e. The first kappa shape index (κ1) is 17.1. The molecule has 1 aromatic carbocycles. The van der Waals surface area contributed by atoms with Gasteiger partial charge in [-0.2, -0.15) is 9.97 Å². The zero-order valence-electron chi connectivity index (χ0n) is 13.1. The number of hydrogen-bond acceptors (Lipinski definition) is 7. The van der Waals surface area contributed by atoms with Crippen molar-refractivity contribution in [2.75, 3.05) is 18.9 Å². The van der Waals surface area contributed by atoms with Crippen molar-refractivity contribution in [3.63, 3.8) is 0 Å². The second-order valence-electron chi connectivity index (χ2n) is 4.86. The molecule has 132 valence electrons. The van der Waals surface area contributed by atoms with E-state index in [0.29, 0.717) is 15.9 Å². The van der Waals surface area contributed by atoms with E-state index in [2.05, 4.69) is 19.7 Å². The fourth-order valence-electron chi connectivity index (χ4n) is 2.21. The van der Waals surface area contributed by atoms with Gasteiger partial charge in [-0.05, 0) is 18.2 Å². The van der Waals surface area contributed by atoms with Gasteiger partial charge in [0, 0.05) is 22.1 Å². The number of rotatable bonds is 5. The first-order chi connectivity index (χ1) is 11.9. The van der Waals surface area contributed by atoms with E-state index in [-0.39, 0.29) is 22.6 Å². The lowest BCUT2D eigenvalue weighted by Gasteiger charge is -2.10. The van der Waals surface area contributed by atoms with Crippen LogP contribution in [0.25, 0.3) is 10.9 Å². The van der Waals surface area contributed by atoms with E-state index in [1.807, 2.05) is 0 Å². The van der Waals surface area contributed by atoms with Crippen molar-refractivity contribution >= 4 is 38.5 Å². The molecule has 0 radical (unpaired) electrons. The fourth-order valence-corrected chi connectivity index (χ4v) is 3.51. The number of ether oxygens (including phenoxy) is 2. The second kappa shape index (κ2) is 6.30. The molecule has 0 saturated heterocycles. The Bertz CT molecular complexity index is 1030. The number of sulfonamides is 1. The van der Waals surface area contributed by atoms with Crippen LogP contribution in [0.15, 0.2) is 29.3 Å². The third kappa shape index (κ3) is 3.13. The van der Waals surface area contributed by atoms with Gasteiger partial charge in [0.25, 0.3) is 21.8 Å². The molecule has 0 atom stereocenters. The van der Waals surface area contributed by atoms with Gasteiger partial charge < -0.3 is 19.6 Å². The van der Waals surface area contributed by atoms with Gasteiger partial charge in [0.15, 0.2) is 0 Å². The number of anilines is 1. The molecule has 3 N–H and O–H groups in total. The molecule has 3 rings (SSSR count). The van der Waals surface area contributed by atoms with Gasteiger partial charge >= 0.3 is 0 Å². The van der Waals surface area contributed by atoms with Crippen LogP contribution >= 0.6 is 11.6 Å². The number of aromatic nitrogens is 3. The average molecular weight is 385 g/mol. The van der Waals surface area contributed by atoms with Gasteiger partial charge in [-0.25, -0.2) is 13.1 Å². The number of nitrogens with one attached hydrogen (secondary N) is 2.